The van der Waals surface area contributed by atoms with Crippen molar-refractivity contribution in [1.82, 2.24) is 0 Å². The first-order chi connectivity index (χ1) is 6.35. The first kappa shape index (κ1) is 8.95. The molecule has 0 aromatic rings. The summed E-state index contributed by atoms with van der Waals surface area (Å²) >= 11 is 0. The summed E-state index contributed by atoms with van der Waals surface area (Å²) in [6.45, 7) is 2.09. The van der Waals surface area contributed by atoms with Crippen LogP contribution >= 0.6 is 0 Å². The van der Waals surface area contributed by atoms with Gasteiger partial charge in [-0.15, -0.1) is 0 Å². The van der Waals surface area contributed by atoms with Gasteiger partial charge in [-0.3, -0.25) is 4.99 Å². The molecule has 0 aromatic carbocycles. The van der Waals surface area contributed by atoms with E-state index < -0.39 is 0 Å². The van der Waals surface area contributed by atoms with Crippen molar-refractivity contribution >= 4 is 6.21 Å². The van der Waals surface area contributed by atoms with E-state index in [-0.39, 0.29) is 6.73 Å². The topological polar surface area (TPSA) is 32.6 Å². The van der Waals surface area contributed by atoms with Crippen LogP contribution in [0.1, 0.15) is 26.2 Å². The minimum absolute atomic E-state index is 0.0512. The van der Waals surface area contributed by atoms with Crippen molar-refractivity contribution in [2.24, 2.45) is 22.7 Å². The summed E-state index contributed by atoms with van der Waals surface area (Å²) < 4.78 is 0. The van der Waals surface area contributed by atoms with E-state index in [9.17, 15) is 0 Å². The molecule has 1 N–H and O–H groups in total. The minimum Gasteiger partial charge on any atom is -0.375 e. The lowest BCUT2D eigenvalue weighted by Gasteiger charge is -2.19. The third kappa shape index (κ3) is 1.55. The molecule has 2 heteroatoms. The van der Waals surface area contributed by atoms with E-state index in [0.29, 0.717) is 5.92 Å². The quantitative estimate of drug-likeness (QED) is 0.510. The Bertz CT molecular complexity index is 244. The molecule has 3 unspecified atom stereocenters. The molecule has 0 saturated heterocycles. The maximum absolute atomic E-state index is 8.59. The zero-order valence-electron chi connectivity index (χ0n) is 8.11. The minimum atomic E-state index is -0.0512. The van der Waals surface area contributed by atoms with Crippen molar-refractivity contribution in [2.75, 3.05) is 6.73 Å². The molecule has 0 amide bonds. The summed E-state index contributed by atoms with van der Waals surface area (Å²) in [5.74, 6) is 2.28. The fourth-order valence-corrected chi connectivity index (χ4v) is 2.88. The zero-order valence-corrected chi connectivity index (χ0v) is 8.11. The molecular formula is C11H17NO. The Kier molecular flexibility index (Phi) is 2.49. The van der Waals surface area contributed by atoms with Gasteiger partial charge >= 0.3 is 0 Å². The lowest BCUT2D eigenvalue weighted by molar-refractivity contribution is 0.308. The summed E-state index contributed by atoms with van der Waals surface area (Å²) in [5, 5.41) is 8.59. The highest BCUT2D eigenvalue weighted by molar-refractivity contribution is 5.62. The molecule has 2 aliphatic carbocycles. The number of fused-ring (bicyclic) bond motifs is 2. The number of aliphatic hydroxyl groups is 1. The van der Waals surface area contributed by atoms with Gasteiger partial charge in [-0.2, -0.15) is 0 Å². The van der Waals surface area contributed by atoms with E-state index >= 15 is 0 Å². The molecule has 2 fully saturated rings. The van der Waals surface area contributed by atoms with Crippen LogP contribution in [-0.2, 0) is 0 Å². The average Bonchev–Trinajstić information content (AvgIpc) is 2.72. The van der Waals surface area contributed by atoms with Crippen LogP contribution in [-0.4, -0.2) is 18.1 Å². The first-order valence-electron chi connectivity index (χ1n) is 5.11. The van der Waals surface area contributed by atoms with Gasteiger partial charge in [0.2, 0.25) is 0 Å². The smallest absolute Gasteiger partial charge is 0.133 e. The standard InChI is InChI=1S/C11H17NO/c1-2-8-3-10-4-9(8)5-11(10)6-12-7-13/h2,6,9-11,13H,3-5,7H2,1H3. The number of nitrogens with zero attached hydrogens (tertiary/aromatic N) is 1. The molecule has 72 valence electrons. The molecule has 3 atom stereocenters. The van der Waals surface area contributed by atoms with Crippen LogP contribution in [0.4, 0.5) is 0 Å². The van der Waals surface area contributed by atoms with Gasteiger partial charge in [-0.25, -0.2) is 0 Å². The van der Waals surface area contributed by atoms with Crippen LogP contribution < -0.4 is 0 Å². The van der Waals surface area contributed by atoms with Crippen molar-refractivity contribution in [2.45, 2.75) is 26.2 Å². The largest absolute Gasteiger partial charge is 0.375 e. The van der Waals surface area contributed by atoms with Crippen LogP contribution in [0.2, 0.25) is 0 Å². The van der Waals surface area contributed by atoms with Crippen molar-refractivity contribution in [3.05, 3.63) is 11.6 Å². The zero-order chi connectivity index (χ0) is 9.26. The number of allylic oxidation sites excluding steroid dienone is 2. The van der Waals surface area contributed by atoms with Crippen molar-refractivity contribution in [3.63, 3.8) is 0 Å². The number of hydrogen-bond donors (Lipinski definition) is 1. The van der Waals surface area contributed by atoms with E-state index in [1.807, 2.05) is 6.21 Å². The second-order valence-electron chi connectivity index (χ2n) is 4.13. The van der Waals surface area contributed by atoms with Crippen molar-refractivity contribution < 1.29 is 5.11 Å². The molecule has 0 aliphatic heterocycles. The van der Waals surface area contributed by atoms with Gasteiger partial charge in [0.15, 0.2) is 0 Å². The Morgan fingerprint density at radius 2 is 2.38 bits per heavy atom. The number of hydrogen-bond acceptors (Lipinski definition) is 2. The van der Waals surface area contributed by atoms with Gasteiger partial charge < -0.3 is 5.11 Å². The summed E-state index contributed by atoms with van der Waals surface area (Å²) in [6, 6.07) is 0. The molecule has 2 saturated carbocycles. The Balaban J connectivity index is 1.99. The van der Waals surface area contributed by atoms with Gasteiger partial charge in [-0.1, -0.05) is 11.6 Å². The van der Waals surface area contributed by atoms with E-state index in [4.69, 9.17) is 5.11 Å². The number of aliphatic imine (C=N–C) groups is 1. The van der Waals surface area contributed by atoms with Gasteiger partial charge in [0.25, 0.3) is 0 Å². The first-order valence-corrected chi connectivity index (χ1v) is 5.11. The second kappa shape index (κ2) is 3.62. The molecular weight excluding hydrogens is 162 g/mol. The molecule has 0 heterocycles. The second-order valence-corrected chi connectivity index (χ2v) is 4.13. The van der Waals surface area contributed by atoms with Gasteiger partial charge in [-0.05, 0) is 43.9 Å². The van der Waals surface area contributed by atoms with Crippen LogP contribution in [0, 0.1) is 17.8 Å². The Hall–Kier alpha value is -0.630. The molecule has 2 rings (SSSR count). The van der Waals surface area contributed by atoms with Gasteiger partial charge in [0.1, 0.15) is 6.73 Å². The molecule has 0 aromatic heterocycles. The summed E-state index contributed by atoms with van der Waals surface area (Å²) in [7, 11) is 0. The summed E-state index contributed by atoms with van der Waals surface area (Å²) in [5.41, 5.74) is 1.65. The molecule has 2 bridgehead atoms. The van der Waals surface area contributed by atoms with Crippen LogP contribution in [0.25, 0.3) is 0 Å². The van der Waals surface area contributed by atoms with E-state index in [0.717, 1.165) is 11.8 Å². The van der Waals surface area contributed by atoms with E-state index in [2.05, 4.69) is 18.0 Å². The Morgan fingerprint density at radius 1 is 1.54 bits per heavy atom. The lowest BCUT2D eigenvalue weighted by Crippen LogP contribution is -2.13. The van der Waals surface area contributed by atoms with Crippen LogP contribution in [0.3, 0.4) is 0 Å². The SMILES string of the molecule is CC=C1CC2CC1CC2C=NCO. The maximum atomic E-state index is 8.59. The fraction of sp³-hybridized carbons (Fsp3) is 0.727. The van der Waals surface area contributed by atoms with Crippen molar-refractivity contribution in [1.29, 1.82) is 0 Å². The third-order valence-electron chi connectivity index (χ3n) is 3.52. The van der Waals surface area contributed by atoms with Gasteiger partial charge in [0.05, 0.1) is 0 Å². The van der Waals surface area contributed by atoms with E-state index in [1.54, 1.807) is 5.57 Å². The maximum Gasteiger partial charge on any atom is 0.133 e. The normalized spacial score (nSPS) is 41.1. The predicted molar refractivity (Wildman–Crippen MR) is 53.7 cm³/mol. The molecule has 0 radical (unpaired) electrons. The Morgan fingerprint density at radius 3 is 2.92 bits per heavy atom. The predicted octanol–water partition coefficient (Wildman–Crippen LogP) is 2.00. The summed E-state index contributed by atoms with van der Waals surface area (Å²) in [6.07, 6.45) is 8.13. The highest BCUT2D eigenvalue weighted by Gasteiger charge is 2.41. The van der Waals surface area contributed by atoms with Crippen LogP contribution in [0.5, 0.6) is 0 Å². The monoisotopic (exact) mass is 179 g/mol. The molecule has 2 aliphatic rings. The highest BCUT2D eigenvalue weighted by Crippen LogP contribution is 2.50. The third-order valence-corrected chi connectivity index (χ3v) is 3.52. The molecule has 2 nitrogen and oxygen atoms in total. The molecule has 13 heavy (non-hydrogen) atoms. The Labute approximate surface area is 79.4 Å². The summed E-state index contributed by atoms with van der Waals surface area (Å²) in [4.78, 5) is 3.93. The van der Waals surface area contributed by atoms with Gasteiger partial charge in [0, 0.05) is 6.21 Å². The fourth-order valence-electron chi connectivity index (χ4n) is 2.88. The average molecular weight is 179 g/mol. The highest BCUT2D eigenvalue weighted by atomic mass is 16.3. The van der Waals surface area contributed by atoms with Crippen molar-refractivity contribution in [3.8, 4) is 0 Å². The number of aliphatic hydroxyl groups excluding tert-OH is 1. The molecule has 0 spiro atoms. The van der Waals surface area contributed by atoms with Crippen LogP contribution in [0.15, 0.2) is 16.6 Å². The number of rotatable bonds is 2. The van der Waals surface area contributed by atoms with E-state index in [1.165, 1.54) is 19.3 Å². The lowest BCUT2D eigenvalue weighted by atomic mass is 9.86.